The zero-order chi connectivity index (χ0) is 26.0. The summed E-state index contributed by atoms with van der Waals surface area (Å²) in [5, 5.41) is 25.2. The number of halogens is 2. The Morgan fingerprint density at radius 3 is 2.58 bits per heavy atom. The molecule has 1 aromatic carbocycles. The maximum atomic E-state index is 13.7. The standard InChI is InChI=1S/C23H26ClFN4O5S2/c1-36(33,34)29(9-10-30)15-5-2-13(3-6-15)19-18(23(31)32)20(16-7-4-14(25)12-17(16)24)28-21(27-19)22-26-8-11-35-22/h4,7-8,11-13,15,20,30H,2-3,5-6,9-10H2,1H3,(H,27,28)(H,31,32). The second-order valence-electron chi connectivity index (χ2n) is 8.74. The molecule has 2 heterocycles. The Morgan fingerprint density at radius 1 is 1.31 bits per heavy atom. The van der Waals surface area contributed by atoms with Crippen LogP contribution in [0.1, 0.15) is 42.3 Å². The molecule has 0 radical (unpaired) electrons. The average molecular weight is 557 g/mol. The largest absolute Gasteiger partial charge is 0.478 e. The van der Waals surface area contributed by atoms with E-state index in [0.29, 0.717) is 47.8 Å². The molecule has 0 bridgehead atoms. The molecule has 1 unspecified atom stereocenters. The fourth-order valence-corrected chi connectivity index (χ4v) is 6.91. The lowest BCUT2D eigenvalue weighted by molar-refractivity contribution is -0.133. The number of benzene rings is 1. The van der Waals surface area contributed by atoms with Crippen LogP contribution in [0.4, 0.5) is 4.39 Å². The average Bonchev–Trinajstić information content (AvgIpc) is 3.36. The van der Waals surface area contributed by atoms with Crippen LogP contribution in [0.5, 0.6) is 0 Å². The van der Waals surface area contributed by atoms with Gasteiger partial charge in [-0.25, -0.2) is 22.6 Å². The summed E-state index contributed by atoms with van der Waals surface area (Å²) in [4.78, 5) is 21.5. The molecule has 3 N–H and O–H groups in total. The number of hydrogen-bond donors (Lipinski definition) is 3. The van der Waals surface area contributed by atoms with Crippen molar-refractivity contribution in [2.24, 2.45) is 10.9 Å². The van der Waals surface area contributed by atoms with Crippen LogP contribution in [-0.2, 0) is 14.8 Å². The van der Waals surface area contributed by atoms with Gasteiger partial charge < -0.3 is 15.5 Å². The first-order valence-electron chi connectivity index (χ1n) is 11.3. The van der Waals surface area contributed by atoms with E-state index in [4.69, 9.17) is 11.6 Å². The third-order valence-corrected chi connectivity index (χ3v) is 8.90. The lowest BCUT2D eigenvalue weighted by Crippen LogP contribution is -2.44. The molecular weight excluding hydrogens is 531 g/mol. The van der Waals surface area contributed by atoms with Crippen LogP contribution in [0.3, 0.4) is 0 Å². The number of carboxylic acid groups (broad SMARTS) is 1. The molecular formula is C23H26ClFN4O5S2. The molecule has 1 aromatic heterocycles. The number of nitrogens with zero attached hydrogens (tertiary/aromatic N) is 3. The third kappa shape index (κ3) is 5.62. The second-order valence-corrected chi connectivity index (χ2v) is 12.0. The Morgan fingerprint density at radius 2 is 2.03 bits per heavy atom. The van der Waals surface area contributed by atoms with Crippen molar-refractivity contribution >= 4 is 44.8 Å². The molecule has 2 aromatic rings. The number of aromatic nitrogens is 1. The second kappa shape index (κ2) is 10.9. The molecule has 13 heteroatoms. The van der Waals surface area contributed by atoms with Gasteiger partial charge in [-0.1, -0.05) is 17.7 Å². The van der Waals surface area contributed by atoms with Crippen molar-refractivity contribution in [1.29, 1.82) is 0 Å². The van der Waals surface area contributed by atoms with E-state index >= 15 is 0 Å². The number of rotatable bonds is 8. The zero-order valence-corrected chi connectivity index (χ0v) is 21.8. The minimum Gasteiger partial charge on any atom is -0.478 e. The van der Waals surface area contributed by atoms with Gasteiger partial charge in [0, 0.05) is 40.4 Å². The topological polar surface area (TPSA) is 132 Å². The first kappa shape index (κ1) is 26.7. The third-order valence-electron chi connectivity index (χ3n) is 6.46. The molecule has 2 aliphatic rings. The number of aliphatic carboxylic acids is 1. The summed E-state index contributed by atoms with van der Waals surface area (Å²) < 4.78 is 39.5. The highest BCUT2D eigenvalue weighted by Crippen LogP contribution is 2.41. The van der Waals surface area contributed by atoms with Gasteiger partial charge in [0.15, 0.2) is 10.8 Å². The van der Waals surface area contributed by atoms with Gasteiger partial charge in [0.25, 0.3) is 0 Å². The number of sulfonamides is 1. The Labute approximate surface area is 217 Å². The Balaban J connectivity index is 1.71. The molecule has 1 saturated carbocycles. The number of hydrogen-bond acceptors (Lipinski definition) is 8. The normalized spacial score (nSPS) is 22.9. The first-order chi connectivity index (χ1) is 17.1. The van der Waals surface area contributed by atoms with Crippen LogP contribution in [0, 0.1) is 11.7 Å². The van der Waals surface area contributed by atoms with Gasteiger partial charge in [0.2, 0.25) is 10.0 Å². The van der Waals surface area contributed by atoms with Gasteiger partial charge >= 0.3 is 5.97 Å². The van der Waals surface area contributed by atoms with Crippen molar-refractivity contribution in [1.82, 2.24) is 14.6 Å². The van der Waals surface area contributed by atoms with E-state index in [9.17, 15) is 27.8 Å². The molecule has 9 nitrogen and oxygen atoms in total. The molecule has 194 valence electrons. The fourth-order valence-electron chi connectivity index (χ4n) is 4.89. The SMILES string of the molecule is CS(=O)(=O)N(CCO)C1CCC(C2=C(C(=O)O)C(c3ccc(F)cc3Cl)N=C(c3nccs3)N2)CC1. The summed E-state index contributed by atoms with van der Waals surface area (Å²) in [6, 6.07) is 2.52. The highest BCUT2D eigenvalue weighted by Gasteiger charge is 2.38. The summed E-state index contributed by atoms with van der Waals surface area (Å²) in [5.74, 6) is -1.53. The van der Waals surface area contributed by atoms with Crippen molar-refractivity contribution in [3.05, 3.63) is 62.5 Å². The van der Waals surface area contributed by atoms with Crippen molar-refractivity contribution < 1.29 is 27.8 Å². The number of carboxylic acids is 1. The lowest BCUT2D eigenvalue weighted by Gasteiger charge is -2.38. The molecule has 1 fully saturated rings. The summed E-state index contributed by atoms with van der Waals surface area (Å²) in [6.07, 6.45) is 4.79. The number of aliphatic imine (C=N–C) groups is 1. The summed E-state index contributed by atoms with van der Waals surface area (Å²) >= 11 is 7.66. The van der Waals surface area contributed by atoms with Gasteiger partial charge in [0.05, 0.1) is 18.4 Å². The van der Waals surface area contributed by atoms with Crippen molar-refractivity contribution in [2.45, 2.75) is 37.8 Å². The Kier molecular flexibility index (Phi) is 8.10. The first-order valence-corrected chi connectivity index (χ1v) is 14.5. The predicted octanol–water partition coefficient (Wildman–Crippen LogP) is 3.18. The Bertz CT molecular complexity index is 1290. The summed E-state index contributed by atoms with van der Waals surface area (Å²) in [5.41, 5.74) is 0.852. The molecule has 0 spiro atoms. The minimum absolute atomic E-state index is 0.0154. The zero-order valence-electron chi connectivity index (χ0n) is 19.4. The molecule has 36 heavy (non-hydrogen) atoms. The highest BCUT2D eigenvalue weighted by atomic mass is 35.5. The Hall–Kier alpha value is -2.38. The number of allylic oxidation sites excluding steroid dienone is 1. The quantitative estimate of drug-likeness (QED) is 0.455. The van der Waals surface area contributed by atoms with Crippen LogP contribution < -0.4 is 5.32 Å². The number of thiazole rings is 1. The number of aliphatic hydroxyl groups is 1. The highest BCUT2D eigenvalue weighted by molar-refractivity contribution is 7.88. The van der Waals surface area contributed by atoms with E-state index < -0.39 is 27.9 Å². The molecule has 1 aliphatic carbocycles. The number of amidine groups is 1. The monoisotopic (exact) mass is 556 g/mol. The molecule has 0 saturated heterocycles. The fraction of sp³-hybridized carbons (Fsp3) is 0.435. The predicted molar refractivity (Wildman–Crippen MR) is 135 cm³/mol. The smallest absolute Gasteiger partial charge is 0.335 e. The van der Waals surface area contributed by atoms with Crippen LogP contribution in [0.25, 0.3) is 0 Å². The van der Waals surface area contributed by atoms with Gasteiger partial charge in [-0.2, -0.15) is 4.31 Å². The van der Waals surface area contributed by atoms with Crippen LogP contribution in [0.15, 0.2) is 46.0 Å². The maximum Gasteiger partial charge on any atom is 0.335 e. The number of aliphatic hydroxyl groups excluding tert-OH is 1. The van der Waals surface area contributed by atoms with Crippen LogP contribution in [0.2, 0.25) is 5.02 Å². The summed E-state index contributed by atoms with van der Waals surface area (Å²) in [7, 11) is -3.50. The van der Waals surface area contributed by atoms with Crippen molar-refractivity contribution in [3.63, 3.8) is 0 Å². The van der Waals surface area contributed by atoms with Gasteiger partial charge in [-0.05, 0) is 43.7 Å². The van der Waals surface area contributed by atoms with E-state index in [1.807, 2.05) is 0 Å². The number of carbonyl (C=O) groups is 1. The van der Waals surface area contributed by atoms with Crippen LogP contribution in [-0.4, -0.2) is 65.2 Å². The van der Waals surface area contributed by atoms with E-state index in [1.54, 1.807) is 11.6 Å². The van der Waals surface area contributed by atoms with Crippen molar-refractivity contribution in [2.75, 3.05) is 19.4 Å². The van der Waals surface area contributed by atoms with E-state index in [1.165, 1.54) is 27.8 Å². The lowest BCUT2D eigenvalue weighted by atomic mass is 9.80. The van der Waals surface area contributed by atoms with Crippen LogP contribution >= 0.6 is 22.9 Å². The maximum absolute atomic E-state index is 13.7. The van der Waals surface area contributed by atoms with Gasteiger partial charge in [-0.15, -0.1) is 11.3 Å². The molecule has 4 rings (SSSR count). The van der Waals surface area contributed by atoms with Gasteiger partial charge in [0.1, 0.15) is 11.9 Å². The van der Waals surface area contributed by atoms with Gasteiger partial charge in [-0.3, -0.25) is 4.99 Å². The number of nitrogens with one attached hydrogen (secondary N) is 1. The molecule has 1 atom stereocenters. The van der Waals surface area contributed by atoms with E-state index in [-0.39, 0.29) is 35.7 Å². The van der Waals surface area contributed by atoms with E-state index in [0.717, 1.165) is 12.3 Å². The van der Waals surface area contributed by atoms with Crippen molar-refractivity contribution in [3.8, 4) is 0 Å². The minimum atomic E-state index is -3.50. The van der Waals surface area contributed by atoms with E-state index in [2.05, 4.69) is 15.3 Å². The molecule has 0 amide bonds. The molecule has 1 aliphatic heterocycles. The summed E-state index contributed by atoms with van der Waals surface area (Å²) in [6.45, 7) is -0.266.